The van der Waals surface area contributed by atoms with E-state index in [1.54, 1.807) is 24.8 Å². The van der Waals surface area contributed by atoms with Gasteiger partial charge >= 0.3 is 0 Å². The lowest BCUT2D eigenvalue weighted by molar-refractivity contribution is 1.07. The lowest BCUT2D eigenvalue weighted by Gasteiger charge is -2.05. The van der Waals surface area contributed by atoms with Crippen molar-refractivity contribution in [2.75, 3.05) is 5.32 Å². The Labute approximate surface area is 104 Å². The molecule has 5 nitrogen and oxygen atoms in total. The number of hydrogen-bond donors (Lipinski definition) is 2. The Morgan fingerprint density at radius 1 is 1.24 bits per heavy atom. The number of anilines is 1. The van der Waals surface area contributed by atoms with E-state index in [0.29, 0.717) is 18.1 Å². The fraction of sp³-hybridized carbons (Fsp3) is 0.0909. The van der Waals surface area contributed by atoms with Gasteiger partial charge in [0.05, 0.1) is 12.4 Å². The molecule has 17 heavy (non-hydrogen) atoms. The summed E-state index contributed by atoms with van der Waals surface area (Å²) in [5, 5.41) is 3.14. The van der Waals surface area contributed by atoms with Crippen molar-refractivity contribution >= 4 is 23.0 Å². The van der Waals surface area contributed by atoms with Crippen LogP contribution in [0.15, 0.2) is 36.9 Å². The van der Waals surface area contributed by atoms with Gasteiger partial charge in [-0.15, -0.1) is 0 Å². The lowest BCUT2D eigenvalue weighted by Crippen LogP contribution is -2.12. The molecular weight excluding hydrogens is 234 g/mol. The molecule has 0 amide bonds. The van der Waals surface area contributed by atoms with Gasteiger partial charge in [0.1, 0.15) is 16.5 Å². The molecule has 0 aliphatic carbocycles. The summed E-state index contributed by atoms with van der Waals surface area (Å²) in [6.07, 6.45) is 6.66. The van der Waals surface area contributed by atoms with Crippen LogP contribution in [0.1, 0.15) is 11.3 Å². The highest BCUT2D eigenvalue weighted by atomic mass is 32.1. The second-order valence-corrected chi connectivity index (χ2v) is 3.80. The van der Waals surface area contributed by atoms with Crippen molar-refractivity contribution in [1.82, 2.24) is 15.0 Å². The van der Waals surface area contributed by atoms with Crippen molar-refractivity contribution in [3.05, 3.63) is 48.2 Å². The molecule has 0 spiro atoms. The van der Waals surface area contributed by atoms with E-state index in [1.807, 2.05) is 12.1 Å². The summed E-state index contributed by atoms with van der Waals surface area (Å²) in [6, 6.07) is 3.87. The first-order valence-electron chi connectivity index (χ1n) is 5.00. The Morgan fingerprint density at radius 2 is 2.00 bits per heavy atom. The van der Waals surface area contributed by atoms with Crippen LogP contribution in [0.3, 0.4) is 0 Å². The maximum absolute atomic E-state index is 5.43. The number of aromatic nitrogens is 3. The summed E-state index contributed by atoms with van der Waals surface area (Å²) >= 11 is 4.79. The molecule has 2 aromatic rings. The van der Waals surface area contributed by atoms with Gasteiger partial charge in [0.25, 0.3) is 0 Å². The van der Waals surface area contributed by atoms with E-state index in [4.69, 9.17) is 18.0 Å². The summed E-state index contributed by atoms with van der Waals surface area (Å²) < 4.78 is 0. The first kappa shape index (κ1) is 11.4. The number of nitrogens with two attached hydrogens (primary N) is 1. The van der Waals surface area contributed by atoms with Crippen LogP contribution in [-0.4, -0.2) is 19.9 Å². The van der Waals surface area contributed by atoms with Crippen LogP contribution in [-0.2, 0) is 6.54 Å². The van der Waals surface area contributed by atoms with Gasteiger partial charge in [-0.05, 0) is 17.7 Å². The van der Waals surface area contributed by atoms with Gasteiger partial charge in [0.2, 0.25) is 0 Å². The number of nitrogens with zero attached hydrogens (tertiary/aromatic N) is 3. The van der Waals surface area contributed by atoms with Crippen LogP contribution < -0.4 is 11.1 Å². The van der Waals surface area contributed by atoms with Crippen LogP contribution in [0.4, 0.5) is 5.82 Å². The van der Waals surface area contributed by atoms with Gasteiger partial charge in [-0.25, -0.2) is 9.97 Å². The molecule has 0 saturated heterocycles. The summed E-state index contributed by atoms with van der Waals surface area (Å²) in [5.74, 6) is 0.682. The largest absolute Gasteiger partial charge is 0.388 e. The molecule has 86 valence electrons. The third kappa shape index (κ3) is 3.18. The van der Waals surface area contributed by atoms with Crippen LogP contribution >= 0.6 is 12.2 Å². The fourth-order valence-electron chi connectivity index (χ4n) is 1.24. The van der Waals surface area contributed by atoms with E-state index < -0.39 is 0 Å². The average Bonchev–Trinajstić information content (AvgIpc) is 2.38. The van der Waals surface area contributed by atoms with E-state index in [0.717, 1.165) is 5.56 Å². The molecule has 2 aromatic heterocycles. The van der Waals surface area contributed by atoms with Crippen molar-refractivity contribution in [2.45, 2.75) is 6.54 Å². The van der Waals surface area contributed by atoms with Crippen molar-refractivity contribution in [2.24, 2.45) is 5.73 Å². The minimum Gasteiger partial charge on any atom is -0.388 e. The zero-order chi connectivity index (χ0) is 12.1. The zero-order valence-corrected chi connectivity index (χ0v) is 9.81. The van der Waals surface area contributed by atoms with E-state index >= 15 is 0 Å². The quantitative estimate of drug-likeness (QED) is 0.786. The summed E-state index contributed by atoms with van der Waals surface area (Å²) in [4.78, 5) is 12.4. The van der Waals surface area contributed by atoms with Crippen molar-refractivity contribution in [1.29, 1.82) is 0 Å². The number of thiocarbonyl (C=S) groups is 1. The van der Waals surface area contributed by atoms with Crippen LogP contribution in [0.2, 0.25) is 0 Å². The molecule has 0 aliphatic heterocycles. The molecule has 0 radical (unpaired) electrons. The number of nitrogens with one attached hydrogen (secondary N) is 1. The Hall–Kier alpha value is -2.08. The third-order valence-electron chi connectivity index (χ3n) is 2.13. The molecule has 0 atom stereocenters. The topological polar surface area (TPSA) is 76.7 Å². The SMILES string of the molecule is NC(=S)c1cnc(NCc2ccncc2)cn1. The minimum absolute atomic E-state index is 0.248. The van der Waals surface area contributed by atoms with Crippen molar-refractivity contribution in [3.8, 4) is 0 Å². The molecule has 3 N–H and O–H groups in total. The summed E-state index contributed by atoms with van der Waals surface area (Å²) in [5.41, 5.74) is 7.08. The second-order valence-electron chi connectivity index (χ2n) is 3.36. The Bertz CT molecular complexity index is 497. The Kier molecular flexibility index (Phi) is 3.56. The highest BCUT2D eigenvalue weighted by Crippen LogP contribution is 2.04. The molecular formula is C11H11N5S. The van der Waals surface area contributed by atoms with Gasteiger partial charge in [-0.1, -0.05) is 12.2 Å². The average molecular weight is 245 g/mol. The Morgan fingerprint density at radius 3 is 2.59 bits per heavy atom. The standard InChI is InChI=1S/C11H11N5S/c12-11(17)9-6-16-10(7-14-9)15-5-8-1-3-13-4-2-8/h1-4,6-7H,5H2,(H2,12,17)(H,15,16). The predicted octanol–water partition coefficient (Wildman–Crippen LogP) is 1.12. The van der Waals surface area contributed by atoms with Gasteiger partial charge in [0, 0.05) is 18.9 Å². The molecule has 2 heterocycles. The lowest BCUT2D eigenvalue weighted by atomic mass is 10.3. The van der Waals surface area contributed by atoms with Gasteiger partial charge in [-0.2, -0.15) is 0 Å². The molecule has 2 rings (SSSR count). The molecule has 6 heteroatoms. The number of hydrogen-bond acceptors (Lipinski definition) is 5. The number of rotatable bonds is 4. The highest BCUT2D eigenvalue weighted by Gasteiger charge is 1.99. The molecule has 0 aliphatic rings. The van der Waals surface area contributed by atoms with E-state index in [2.05, 4.69) is 20.3 Å². The van der Waals surface area contributed by atoms with E-state index in [-0.39, 0.29) is 4.99 Å². The Balaban J connectivity index is 1.98. The number of pyridine rings is 1. The molecule has 0 fully saturated rings. The molecule has 0 unspecified atom stereocenters. The van der Waals surface area contributed by atoms with Gasteiger partial charge in [-0.3, -0.25) is 4.98 Å². The van der Waals surface area contributed by atoms with Gasteiger partial charge in [0.15, 0.2) is 0 Å². The monoisotopic (exact) mass is 245 g/mol. The van der Waals surface area contributed by atoms with Crippen LogP contribution in [0, 0.1) is 0 Å². The maximum atomic E-state index is 5.43. The highest BCUT2D eigenvalue weighted by molar-refractivity contribution is 7.80. The minimum atomic E-state index is 0.248. The molecule has 0 saturated carbocycles. The van der Waals surface area contributed by atoms with Crippen LogP contribution in [0.25, 0.3) is 0 Å². The molecule has 0 aromatic carbocycles. The van der Waals surface area contributed by atoms with Crippen molar-refractivity contribution in [3.63, 3.8) is 0 Å². The van der Waals surface area contributed by atoms with E-state index in [1.165, 1.54) is 0 Å². The molecule has 0 bridgehead atoms. The maximum Gasteiger partial charge on any atom is 0.144 e. The van der Waals surface area contributed by atoms with Gasteiger partial charge < -0.3 is 11.1 Å². The van der Waals surface area contributed by atoms with E-state index in [9.17, 15) is 0 Å². The van der Waals surface area contributed by atoms with Crippen LogP contribution in [0.5, 0.6) is 0 Å². The normalized spacial score (nSPS) is 9.88. The second kappa shape index (κ2) is 5.31. The summed E-state index contributed by atoms with van der Waals surface area (Å²) in [7, 11) is 0. The first-order valence-corrected chi connectivity index (χ1v) is 5.41. The zero-order valence-electron chi connectivity index (χ0n) is 9.00. The smallest absolute Gasteiger partial charge is 0.144 e. The van der Waals surface area contributed by atoms with Crippen molar-refractivity contribution < 1.29 is 0 Å². The summed E-state index contributed by atoms with van der Waals surface area (Å²) in [6.45, 7) is 0.670. The third-order valence-corrected chi connectivity index (χ3v) is 2.34. The fourth-order valence-corrected chi connectivity index (χ4v) is 1.35. The predicted molar refractivity (Wildman–Crippen MR) is 69.5 cm³/mol. The first-order chi connectivity index (χ1) is 8.25.